The summed E-state index contributed by atoms with van der Waals surface area (Å²) in [6.45, 7) is 4.22. The number of anilines is 1. The molecule has 0 aliphatic carbocycles. The minimum Gasteiger partial charge on any atom is -0.357 e. The van der Waals surface area contributed by atoms with Crippen LogP contribution in [0.15, 0.2) is 18.2 Å². The molecule has 1 fully saturated rings. The van der Waals surface area contributed by atoms with Crippen LogP contribution in [-0.2, 0) is 0 Å². The molecule has 0 bridgehead atoms. The summed E-state index contributed by atoms with van der Waals surface area (Å²) in [4.78, 5) is 6.90. The SMILES string of the molecule is Cc1cccc(N2CCC(CCl)CC2)n1. The smallest absolute Gasteiger partial charge is 0.128 e. The van der Waals surface area contributed by atoms with Crippen LogP contribution in [-0.4, -0.2) is 24.0 Å². The Morgan fingerprint density at radius 2 is 2.13 bits per heavy atom. The number of hydrogen-bond donors (Lipinski definition) is 0. The van der Waals surface area contributed by atoms with Gasteiger partial charge in [-0.3, -0.25) is 0 Å². The molecule has 15 heavy (non-hydrogen) atoms. The molecule has 0 amide bonds. The van der Waals surface area contributed by atoms with Gasteiger partial charge in [-0.1, -0.05) is 6.07 Å². The van der Waals surface area contributed by atoms with Gasteiger partial charge in [0.05, 0.1) is 0 Å². The standard InChI is InChI=1S/C12H17ClN2/c1-10-3-2-4-12(14-10)15-7-5-11(9-13)6-8-15/h2-4,11H,5-9H2,1H3. The van der Waals surface area contributed by atoms with Crippen molar-refractivity contribution in [3.63, 3.8) is 0 Å². The highest BCUT2D eigenvalue weighted by molar-refractivity contribution is 6.18. The maximum atomic E-state index is 5.87. The summed E-state index contributed by atoms with van der Waals surface area (Å²) >= 11 is 5.87. The maximum absolute atomic E-state index is 5.87. The summed E-state index contributed by atoms with van der Waals surface area (Å²) in [5.41, 5.74) is 1.09. The third-order valence-corrected chi connectivity index (χ3v) is 3.47. The molecule has 0 atom stereocenters. The van der Waals surface area contributed by atoms with Gasteiger partial charge in [0.25, 0.3) is 0 Å². The van der Waals surface area contributed by atoms with Crippen LogP contribution in [0.3, 0.4) is 0 Å². The minimum atomic E-state index is 0.702. The predicted molar refractivity (Wildman–Crippen MR) is 64.6 cm³/mol. The van der Waals surface area contributed by atoms with Crippen LogP contribution in [0, 0.1) is 12.8 Å². The lowest BCUT2D eigenvalue weighted by Crippen LogP contribution is -2.34. The van der Waals surface area contributed by atoms with E-state index in [4.69, 9.17) is 11.6 Å². The van der Waals surface area contributed by atoms with Crippen LogP contribution in [0.2, 0.25) is 0 Å². The molecule has 2 heterocycles. The third-order valence-electron chi connectivity index (χ3n) is 3.03. The van der Waals surface area contributed by atoms with Crippen LogP contribution < -0.4 is 4.90 Å². The number of aromatic nitrogens is 1. The zero-order valence-electron chi connectivity index (χ0n) is 9.12. The minimum absolute atomic E-state index is 0.702. The molecule has 0 radical (unpaired) electrons. The van der Waals surface area contributed by atoms with Crippen molar-refractivity contribution in [1.29, 1.82) is 0 Å². The second-order valence-corrected chi connectivity index (χ2v) is 4.53. The summed E-state index contributed by atoms with van der Waals surface area (Å²) in [6, 6.07) is 6.20. The Morgan fingerprint density at radius 3 is 2.73 bits per heavy atom. The van der Waals surface area contributed by atoms with E-state index in [1.807, 2.05) is 13.0 Å². The summed E-state index contributed by atoms with van der Waals surface area (Å²) in [5.74, 6) is 2.62. The van der Waals surface area contributed by atoms with Crippen molar-refractivity contribution in [3.8, 4) is 0 Å². The molecule has 0 N–H and O–H groups in total. The van der Waals surface area contributed by atoms with Gasteiger partial charge in [0.1, 0.15) is 5.82 Å². The van der Waals surface area contributed by atoms with Crippen LogP contribution in [0.25, 0.3) is 0 Å². The Labute approximate surface area is 96.3 Å². The number of piperidine rings is 1. The first-order chi connectivity index (χ1) is 7.29. The van der Waals surface area contributed by atoms with Gasteiger partial charge < -0.3 is 4.90 Å². The first-order valence-electron chi connectivity index (χ1n) is 5.54. The van der Waals surface area contributed by atoms with E-state index in [1.165, 1.54) is 12.8 Å². The third kappa shape index (κ3) is 2.63. The van der Waals surface area contributed by atoms with E-state index < -0.39 is 0 Å². The summed E-state index contributed by atoms with van der Waals surface area (Å²) in [6.07, 6.45) is 2.39. The van der Waals surface area contributed by atoms with Gasteiger partial charge in [-0.25, -0.2) is 4.98 Å². The lowest BCUT2D eigenvalue weighted by atomic mass is 9.99. The molecule has 1 aliphatic rings. The van der Waals surface area contributed by atoms with Crippen LogP contribution in [0.5, 0.6) is 0 Å². The van der Waals surface area contributed by atoms with Crippen LogP contribution in [0.1, 0.15) is 18.5 Å². The van der Waals surface area contributed by atoms with E-state index in [0.29, 0.717) is 5.92 Å². The largest absolute Gasteiger partial charge is 0.357 e. The number of pyridine rings is 1. The van der Waals surface area contributed by atoms with Crippen molar-refractivity contribution in [2.75, 3.05) is 23.9 Å². The molecule has 1 aromatic rings. The van der Waals surface area contributed by atoms with Gasteiger partial charge in [-0.15, -0.1) is 11.6 Å². The van der Waals surface area contributed by atoms with E-state index in [2.05, 4.69) is 22.0 Å². The van der Waals surface area contributed by atoms with Crippen LogP contribution in [0.4, 0.5) is 5.82 Å². The predicted octanol–water partition coefficient (Wildman–Crippen LogP) is 2.85. The fraction of sp³-hybridized carbons (Fsp3) is 0.583. The van der Waals surface area contributed by atoms with Crippen molar-refractivity contribution in [2.24, 2.45) is 5.92 Å². The van der Waals surface area contributed by atoms with Crippen molar-refractivity contribution in [1.82, 2.24) is 4.98 Å². The van der Waals surface area contributed by atoms with E-state index in [1.54, 1.807) is 0 Å². The van der Waals surface area contributed by atoms with E-state index >= 15 is 0 Å². The van der Waals surface area contributed by atoms with Crippen molar-refractivity contribution < 1.29 is 0 Å². The highest BCUT2D eigenvalue weighted by Crippen LogP contribution is 2.22. The number of nitrogens with zero attached hydrogens (tertiary/aromatic N) is 2. The molecule has 3 heteroatoms. The Morgan fingerprint density at radius 1 is 1.40 bits per heavy atom. The molecule has 0 aromatic carbocycles. The van der Waals surface area contributed by atoms with Crippen LogP contribution >= 0.6 is 11.6 Å². The normalized spacial score (nSPS) is 18.1. The van der Waals surface area contributed by atoms with Gasteiger partial charge >= 0.3 is 0 Å². The quantitative estimate of drug-likeness (QED) is 0.719. The molecule has 1 saturated heterocycles. The fourth-order valence-corrected chi connectivity index (χ4v) is 2.33. The highest BCUT2D eigenvalue weighted by Gasteiger charge is 2.19. The van der Waals surface area contributed by atoms with Gasteiger partial charge in [0.2, 0.25) is 0 Å². The molecule has 1 aromatic heterocycles. The molecule has 2 rings (SSSR count). The Balaban J connectivity index is 2.01. The molecular weight excluding hydrogens is 208 g/mol. The zero-order valence-corrected chi connectivity index (χ0v) is 9.87. The number of hydrogen-bond acceptors (Lipinski definition) is 2. The number of aryl methyl sites for hydroxylation is 1. The Hall–Kier alpha value is -0.760. The van der Waals surface area contributed by atoms with E-state index in [0.717, 1.165) is 30.5 Å². The maximum Gasteiger partial charge on any atom is 0.128 e. The van der Waals surface area contributed by atoms with Gasteiger partial charge in [-0.2, -0.15) is 0 Å². The van der Waals surface area contributed by atoms with Crippen molar-refractivity contribution in [3.05, 3.63) is 23.9 Å². The average molecular weight is 225 g/mol. The summed E-state index contributed by atoms with van der Waals surface area (Å²) in [5, 5.41) is 0. The molecule has 2 nitrogen and oxygen atoms in total. The van der Waals surface area contributed by atoms with Crippen molar-refractivity contribution >= 4 is 17.4 Å². The number of rotatable bonds is 2. The van der Waals surface area contributed by atoms with Gasteiger partial charge in [-0.05, 0) is 37.8 Å². The fourth-order valence-electron chi connectivity index (χ4n) is 2.02. The van der Waals surface area contributed by atoms with E-state index in [-0.39, 0.29) is 0 Å². The lowest BCUT2D eigenvalue weighted by Gasteiger charge is -2.32. The van der Waals surface area contributed by atoms with Crippen molar-refractivity contribution in [2.45, 2.75) is 19.8 Å². The second kappa shape index (κ2) is 4.84. The molecule has 0 saturated carbocycles. The number of alkyl halides is 1. The summed E-state index contributed by atoms with van der Waals surface area (Å²) < 4.78 is 0. The molecule has 82 valence electrons. The Kier molecular flexibility index (Phi) is 3.47. The second-order valence-electron chi connectivity index (χ2n) is 4.22. The first kappa shape index (κ1) is 10.7. The summed E-state index contributed by atoms with van der Waals surface area (Å²) in [7, 11) is 0. The zero-order chi connectivity index (χ0) is 10.7. The van der Waals surface area contributed by atoms with Gasteiger partial charge in [0.15, 0.2) is 0 Å². The highest BCUT2D eigenvalue weighted by atomic mass is 35.5. The topological polar surface area (TPSA) is 16.1 Å². The first-order valence-corrected chi connectivity index (χ1v) is 6.07. The monoisotopic (exact) mass is 224 g/mol. The van der Waals surface area contributed by atoms with Gasteiger partial charge in [0, 0.05) is 24.7 Å². The molecule has 1 aliphatic heterocycles. The molecule has 0 spiro atoms. The number of halogens is 1. The Bertz CT molecular complexity index is 319. The van der Waals surface area contributed by atoms with E-state index in [9.17, 15) is 0 Å². The molecular formula is C12H17ClN2. The molecule has 0 unspecified atom stereocenters. The average Bonchev–Trinajstić information content (AvgIpc) is 2.29. The lowest BCUT2D eigenvalue weighted by molar-refractivity contribution is 0.441.